The van der Waals surface area contributed by atoms with Crippen molar-refractivity contribution in [3.63, 3.8) is 0 Å². The standard InChI is InChI=1S/C29H26F5N3O6S/c30-20-5-6-24(31)23(14-20)18-4-7-26-25(12-18)37(44(41,42)22-3-1-2-19(13-22)29(32,33)34)16-21(43-26)15-35-28(40)36-10-8-17(9-11-36)27(38)39/h1-7,12-14,17,21H,8-11,15-16H2,(H,35,40)(H,38,39). The molecule has 9 nitrogen and oxygen atoms in total. The van der Waals surface area contributed by atoms with E-state index in [1.54, 1.807) is 0 Å². The molecule has 0 spiro atoms. The number of urea groups is 1. The number of amides is 2. The molecule has 1 atom stereocenters. The number of carbonyl (C=O) groups is 2. The Balaban J connectivity index is 1.45. The third-order valence-corrected chi connectivity index (χ3v) is 9.27. The number of carboxylic acids is 1. The maximum atomic E-state index is 14.6. The number of anilines is 1. The summed E-state index contributed by atoms with van der Waals surface area (Å²) in [6.45, 7) is -0.243. The van der Waals surface area contributed by atoms with Gasteiger partial charge in [-0.25, -0.2) is 22.0 Å². The summed E-state index contributed by atoms with van der Waals surface area (Å²) in [6, 6.07) is 9.35. The molecular formula is C29H26F5N3O6S. The minimum Gasteiger partial charge on any atom is -0.484 e. The molecule has 1 saturated heterocycles. The first kappa shape index (κ1) is 31.0. The number of ether oxygens (including phenoxy) is 1. The van der Waals surface area contributed by atoms with Crippen LogP contribution in [0.2, 0.25) is 0 Å². The van der Waals surface area contributed by atoms with Crippen LogP contribution in [-0.2, 0) is 21.0 Å². The predicted octanol–water partition coefficient (Wildman–Crippen LogP) is 5.11. The van der Waals surface area contributed by atoms with E-state index >= 15 is 0 Å². The number of hydrogen-bond acceptors (Lipinski definition) is 5. The Labute approximate surface area is 248 Å². The summed E-state index contributed by atoms with van der Waals surface area (Å²) in [5.41, 5.74) is -1.39. The van der Waals surface area contributed by atoms with E-state index in [9.17, 15) is 45.1 Å². The van der Waals surface area contributed by atoms with Gasteiger partial charge in [0.05, 0.1) is 35.2 Å². The predicted molar refractivity (Wildman–Crippen MR) is 148 cm³/mol. The van der Waals surface area contributed by atoms with E-state index < -0.39 is 68.9 Å². The van der Waals surface area contributed by atoms with Gasteiger partial charge in [0.25, 0.3) is 10.0 Å². The van der Waals surface area contributed by atoms with Crippen molar-refractivity contribution in [2.24, 2.45) is 5.92 Å². The third-order valence-electron chi connectivity index (χ3n) is 7.49. The normalized spacial score (nSPS) is 17.5. The molecule has 0 bridgehead atoms. The number of aliphatic carboxylic acids is 1. The molecule has 2 heterocycles. The number of sulfonamides is 1. The number of halogens is 5. The lowest BCUT2D eigenvalue weighted by molar-refractivity contribution is -0.143. The lowest BCUT2D eigenvalue weighted by Crippen LogP contribution is -2.51. The fourth-order valence-corrected chi connectivity index (χ4v) is 6.68. The monoisotopic (exact) mass is 639 g/mol. The SMILES string of the molecule is O=C(O)C1CCN(C(=O)NCC2CN(S(=O)(=O)c3cccc(C(F)(F)F)c3)c3cc(-c4cc(F)ccc4F)ccc3O2)CC1. The maximum absolute atomic E-state index is 14.6. The second-order valence-corrected chi connectivity index (χ2v) is 12.3. The number of piperidine rings is 1. The number of rotatable bonds is 6. The zero-order valence-electron chi connectivity index (χ0n) is 22.9. The van der Waals surface area contributed by atoms with Crippen molar-refractivity contribution in [2.75, 3.05) is 30.5 Å². The van der Waals surface area contributed by atoms with Crippen LogP contribution in [0.1, 0.15) is 18.4 Å². The fraction of sp³-hybridized carbons (Fsp3) is 0.310. The number of alkyl halides is 3. The van der Waals surface area contributed by atoms with Crippen molar-refractivity contribution in [2.45, 2.75) is 30.0 Å². The molecule has 0 saturated carbocycles. The molecule has 3 aromatic carbocycles. The van der Waals surface area contributed by atoms with Crippen LogP contribution >= 0.6 is 0 Å². The van der Waals surface area contributed by atoms with Gasteiger partial charge in [-0.1, -0.05) is 12.1 Å². The molecule has 2 aliphatic heterocycles. The molecular weight excluding hydrogens is 613 g/mol. The Morgan fingerprint density at radius 3 is 2.41 bits per heavy atom. The average molecular weight is 640 g/mol. The number of carbonyl (C=O) groups excluding carboxylic acids is 1. The van der Waals surface area contributed by atoms with E-state index in [1.165, 1.54) is 23.1 Å². The van der Waals surface area contributed by atoms with Gasteiger partial charge in [-0.3, -0.25) is 9.10 Å². The van der Waals surface area contributed by atoms with Crippen LogP contribution in [0.3, 0.4) is 0 Å². The van der Waals surface area contributed by atoms with Gasteiger partial charge >= 0.3 is 18.2 Å². The molecule has 1 fully saturated rings. The van der Waals surface area contributed by atoms with Crippen molar-refractivity contribution >= 4 is 27.7 Å². The van der Waals surface area contributed by atoms with Crippen molar-refractivity contribution in [1.29, 1.82) is 0 Å². The topological polar surface area (TPSA) is 116 Å². The van der Waals surface area contributed by atoms with Gasteiger partial charge in [0.15, 0.2) is 0 Å². The summed E-state index contributed by atoms with van der Waals surface area (Å²) in [4.78, 5) is 24.7. The molecule has 2 aliphatic rings. The quantitative estimate of drug-likeness (QED) is 0.362. The van der Waals surface area contributed by atoms with Crippen LogP contribution in [0, 0.1) is 17.6 Å². The number of carboxylic acid groups (broad SMARTS) is 1. The zero-order valence-corrected chi connectivity index (χ0v) is 23.7. The van der Waals surface area contributed by atoms with Crippen molar-refractivity contribution in [3.8, 4) is 16.9 Å². The fourth-order valence-electron chi connectivity index (χ4n) is 5.13. The summed E-state index contributed by atoms with van der Waals surface area (Å²) in [6.07, 6.45) is -5.27. The number of fused-ring (bicyclic) bond motifs is 1. The van der Waals surface area contributed by atoms with Crippen LogP contribution in [0.25, 0.3) is 11.1 Å². The van der Waals surface area contributed by atoms with E-state index in [4.69, 9.17) is 4.74 Å². The lowest BCUT2D eigenvalue weighted by atomic mass is 9.97. The molecule has 2 amide bonds. The highest BCUT2D eigenvalue weighted by molar-refractivity contribution is 7.92. The number of benzene rings is 3. The molecule has 234 valence electrons. The summed E-state index contributed by atoms with van der Waals surface area (Å²) < 4.78 is 103. The van der Waals surface area contributed by atoms with E-state index in [2.05, 4.69) is 5.32 Å². The Morgan fingerprint density at radius 1 is 1.00 bits per heavy atom. The average Bonchev–Trinajstić information content (AvgIpc) is 3.00. The molecule has 15 heteroatoms. The summed E-state index contributed by atoms with van der Waals surface area (Å²) >= 11 is 0. The number of nitrogens with one attached hydrogen (secondary N) is 1. The van der Waals surface area contributed by atoms with E-state index in [1.807, 2.05) is 0 Å². The van der Waals surface area contributed by atoms with Crippen LogP contribution in [-0.4, -0.2) is 62.7 Å². The molecule has 1 unspecified atom stereocenters. The Kier molecular flexibility index (Phi) is 8.42. The third kappa shape index (κ3) is 6.42. The van der Waals surface area contributed by atoms with Gasteiger partial charge in [-0.2, -0.15) is 13.2 Å². The van der Waals surface area contributed by atoms with Gasteiger partial charge in [-0.05, 0) is 66.9 Å². The highest BCUT2D eigenvalue weighted by Crippen LogP contribution is 2.41. The molecule has 0 aromatic heterocycles. The lowest BCUT2D eigenvalue weighted by Gasteiger charge is -2.36. The Morgan fingerprint density at radius 2 is 1.73 bits per heavy atom. The van der Waals surface area contributed by atoms with Gasteiger partial charge < -0.3 is 20.1 Å². The molecule has 0 radical (unpaired) electrons. The molecule has 0 aliphatic carbocycles. The largest absolute Gasteiger partial charge is 0.484 e. The first-order chi connectivity index (χ1) is 20.7. The minimum atomic E-state index is -4.82. The second kappa shape index (κ2) is 11.9. The highest BCUT2D eigenvalue weighted by atomic mass is 32.2. The minimum absolute atomic E-state index is 0.0196. The smallest absolute Gasteiger partial charge is 0.416 e. The summed E-state index contributed by atoms with van der Waals surface area (Å²) in [5.74, 6) is -3.05. The van der Waals surface area contributed by atoms with Crippen LogP contribution in [0.4, 0.5) is 32.4 Å². The van der Waals surface area contributed by atoms with Gasteiger partial charge in [0, 0.05) is 18.7 Å². The van der Waals surface area contributed by atoms with Crippen molar-refractivity contribution < 1.29 is 49.8 Å². The summed E-state index contributed by atoms with van der Waals surface area (Å²) in [5, 5.41) is 11.8. The van der Waals surface area contributed by atoms with Crippen LogP contribution < -0.4 is 14.4 Å². The first-order valence-corrected chi connectivity index (χ1v) is 14.9. The van der Waals surface area contributed by atoms with E-state index in [0.717, 1.165) is 40.7 Å². The zero-order chi connectivity index (χ0) is 31.8. The first-order valence-electron chi connectivity index (χ1n) is 13.5. The number of hydrogen-bond donors (Lipinski definition) is 2. The van der Waals surface area contributed by atoms with E-state index in [-0.39, 0.29) is 55.0 Å². The van der Waals surface area contributed by atoms with Crippen LogP contribution in [0.5, 0.6) is 5.75 Å². The summed E-state index contributed by atoms with van der Waals surface area (Å²) in [7, 11) is -4.67. The van der Waals surface area contributed by atoms with Gasteiger partial charge in [0.1, 0.15) is 23.5 Å². The highest BCUT2D eigenvalue weighted by Gasteiger charge is 2.38. The second-order valence-electron chi connectivity index (χ2n) is 10.4. The maximum Gasteiger partial charge on any atom is 0.416 e. The number of nitrogens with zero attached hydrogens (tertiary/aromatic N) is 2. The molecule has 3 aromatic rings. The Bertz CT molecular complexity index is 1690. The molecule has 2 N–H and O–H groups in total. The molecule has 44 heavy (non-hydrogen) atoms. The number of likely N-dealkylation sites (tertiary alicyclic amines) is 1. The molecule has 5 rings (SSSR count). The Hall–Kier alpha value is -4.40. The van der Waals surface area contributed by atoms with Crippen molar-refractivity contribution in [1.82, 2.24) is 10.2 Å². The van der Waals surface area contributed by atoms with E-state index in [0.29, 0.717) is 6.07 Å². The van der Waals surface area contributed by atoms with Crippen molar-refractivity contribution in [3.05, 3.63) is 77.9 Å². The van der Waals surface area contributed by atoms with Crippen LogP contribution in [0.15, 0.2) is 65.6 Å². The van der Waals surface area contributed by atoms with Gasteiger partial charge in [0.2, 0.25) is 0 Å². The van der Waals surface area contributed by atoms with Gasteiger partial charge in [-0.15, -0.1) is 0 Å².